The summed E-state index contributed by atoms with van der Waals surface area (Å²) in [6, 6.07) is 0. The number of aliphatic hydroxyl groups excluding tert-OH is 1. The number of hydrogen-bond donors (Lipinski definition) is 1. The van der Waals surface area contributed by atoms with Crippen LogP contribution in [0, 0.1) is 0 Å². The van der Waals surface area contributed by atoms with Crippen molar-refractivity contribution in [1.29, 1.82) is 0 Å². The molecule has 0 aromatic heterocycles. The molecular weight excluding hydrogens is 133 g/mol. The topological polar surface area (TPSA) is 23.5 Å². The zero-order valence-corrected chi connectivity index (χ0v) is 6.47. The maximum Gasteiger partial charge on any atom is 0.115 e. The number of rotatable bonds is 1. The summed E-state index contributed by atoms with van der Waals surface area (Å²) in [6.07, 6.45) is -0.304. The molecular formula is C7H14FNO. The third-order valence-electron chi connectivity index (χ3n) is 2.40. The van der Waals surface area contributed by atoms with Crippen LogP contribution in [-0.4, -0.2) is 41.9 Å². The molecule has 0 aromatic rings. The fraction of sp³-hybridized carbons (Fsp3) is 1.00. The largest absolute Gasteiger partial charge is 0.394 e. The Morgan fingerprint density at radius 3 is 2.60 bits per heavy atom. The van der Waals surface area contributed by atoms with Gasteiger partial charge in [0, 0.05) is 18.5 Å². The molecule has 0 amide bonds. The van der Waals surface area contributed by atoms with E-state index in [0.29, 0.717) is 13.0 Å². The fourth-order valence-electron chi connectivity index (χ4n) is 1.40. The van der Waals surface area contributed by atoms with E-state index in [-0.39, 0.29) is 12.1 Å². The summed E-state index contributed by atoms with van der Waals surface area (Å²) >= 11 is 0. The molecule has 0 bridgehead atoms. The van der Waals surface area contributed by atoms with Gasteiger partial charge in [0.2, 0.25) is 0 Å². The normalized spacial score (nSPS) is 42.6. The summed E-state index contributed by atoms with van der Waals surface area (Å²) < 4.78 is 12.7. The minimum atomic E-state index is -0.762. The summed E-state index contributed by atoms with van der Waals surface area (Å²) in [5.74, 6) is 0. The summed E-state index contributed by atoms with van der Waals surface area (Å²) in [5.41, 5.74) is -0.320. The summed E-state index contributed by atoms with van der Waals surface area (Å²) in [4.78, 5) is 1.87. The predicted molar refractivity (Wildman–Crippen MR) is 37.6 cm³/mol. The van der Waals surface area contributed by atoms with Crippen molar-refractivity contribution < 1.29 is 9.50 Å². The highest BCUT2D eigenvalue weighted by Crippen LogP contribution is 2.28. The molecule has 2 atom stereocenters. The van der Waals surface area contributed by atoms with E-state index >= 15 is 0 Å². The van der Waals surface area contributed by atoms with Crippen LogP contribution in [0.2, 0.25) is 0 Å². The van der Waals surface area contributed by atoms with Gasteiger partial charge in [-0.15, -0.1) is 0 Å². The van der Waals surface area contributed by atoms with E-state index in [2.05, 4.69) is 0 Å². The Labute approximate surface area is 60.6 Å². The molecule has 0 aromatic carbocycles. The highest BCUT2D eigenvalue weighted by atomic mass is 19.1. The number of alkyl halides is 1. The Kier molecular flexibility index (Phi) is 1.97. The van der Waals surface area contributed by atoms with Gasteiger partial charge >= 0.3 is 0 Å². The number of halogens is 1. The fourth-order valence-corrected chi connectivity index (χ4v) is 1.40. The van der Waals surface area contributed by atoms with Crippen LogP contribution in [0.3, 0.4) is 0 Å². The second kappa shape index (κ2) is 2.47. The first-order valence-electron chi connectivity index (χ1n) is 3.55. The van der Waals surface area contributed by atoms with Crippen LogP contribution in [-0.2, 0) is 0 Å². The van der Waals surface area contributed by atoms with E-state index in [0.717, 1.165) is 0 Å². The van der Waals surface area contributed by atoms with Crippen LogP contribution >= 0.6 is 0 Å². The van der Waals surface area contributed by atoms with Gasteiger partial charge in [-0.3, -0.25) is 4.90 Å². The van der Waals surface area contributed by atoms with Crippen molar-refractivity contribution in [2.45, 2.75) is 25.1 Å². The number of nitrogens with zero attached hydrogens (tertiary/aromatic N) is 1. The third kappa shape index (κ3) is 1.16. The zero-order chi connectivity index (χ0) is 7.78. The zero-order valence-electron chi connectivity index (χ0n) is 6.47. The first-order chi connectivity index (χ1) is 4.58. The SMILES string of the molecule is CN1C[C@@H](F)C[C@]1(C)CO. The van der Waals surface area contributed by atoms with E-state index in [9.17, 15) is 4.39 Å². The van der Waals surface area contributed by atoms with E-state index in [4.69, 9.17) is 5.11 Å². The van der Waals surface area contributed by atoms with E-state index in [1.165, 1.54) is 0 Å². The molecule has 0 unspecified atom stereocenters. The second-order valence-electron chi connectivity index (χ2n) is 3.34. The minimum absolute atomic E-state index is 0.0456. The Hall–Kier alpha value is -0.150. The minimum Gasteiger partial charge on any atom is -0.394 e. The lowest BCUT2D eigenvalue weighted by molar-refractivity contribution is 0.0999. The molecule has 1 rings (SSSR count). The van der Waals surface area contributed by atoms with E-state index in [1.807, 2.05) is 18.9 Å². The maximum absolute atomic E-state index is 12.7. The monoisotopic (exact) mass is 147 g/mol. The molecule has 1 N–H and O–H groups in total. The molecule has 0 spiro atoms. The van der Waals surface area contributed by atoms with Crippen molar-refractivity contribution in [2.24, 2.45) is 0 Å². The molecule has 1 aliphatic heterocycles. The number of aliphatic hydroxyl groups is 1. The van der Waals surface area contributed by atoms with Gasteiger partial charge in [0.05, 0.1) is 6.61 Å². The van der Waals surface area contributed by atoms with Crippen molar-refractivity contribution in [1.82, 2.24) is 4.90 Å². The van der Waals surface area contributed by atoms with E-state index in [1.54, 1.807) is 0 Å². The van der Waals surface area contributed by atoms with Crippen molar-refractivity contribution in [3.63, 3.8) is 0 Å². The van der Waals surface area contributed by atoms with Crippen molar-refractivity contribution in [3.8, 4) is 0 Å². The number of hydrogen-bond acceptors (Lipinski definition) is 2. The van der Waals surface area contributed by atoms with Gasteiger partial charge in [-0.05, 0) is 14.0 Å². The summed E-state index contributed by atoms with van der Waals surface area (Å²) in [7, 11) is 1.84. The van der Waals surface area contributed by atoms with Gasteiger partial charge in [0.25, 0.3) is 0 Å². The molecule has 1 heterocycles. The second-order valence-corrected chi connectivity index (χ2v) is 3.34. The van der Waals surface area contributed by atoms with Gasteiger partial charge in [-0.2, -0.15) is 0 Å². The lowest BCUT2D eigenvalue weighted by Crippen LogP contribution is -2.41. The van der Waals surface area contributed by atoms with Crippen LogP contribution in [0.1, 0.15) is 13.3 Å². The number of likely N-dealkylation sites (tertiary alicyclic amines) is 1. The molecule has 0 saturated carbocycles. The number of likely N-dealkylation sites (N-methyl/N-ethyl adjacent to an activating group) is 1. The standard InChI is InChI=1S/C7H14FNO/c1-7(5-10)3-6(8)4-9(7)2/h6,10H,3-5H2,1-2H3/t6-,7+/m0/s1. The molecule has 1 fully saturated rings. The lowest BCUT2D eigenvalue weighted by Gasteiger charge is -2.28. The maximum atomic E-state index is 12.7. The predicted octanol–water partition coefficient (Wildman–Crippen LogP) is 0.411. The van der Waals surface area contributed by atoms with Gasteiger partial charge in [0.1, 0.15) is 6.17 Å². The Bertz CT molecular complexity index is 131. The Morgan fingerprint density at radius 2 is 2.40 bits per heavy atom. The average Bonchev–Trinajstić information content (AvgIpc) is 2.09. The van der Waals surface area contributed by atoms with Gasteiger partial charge < -0.3 is 5.11 Å². The molecule has 0 radical (unpaired) electrons. The van der Waals surface area contributed by atoms with Crippen LogP contribution in [0.4, 0.5) is 4.39 Å². The quantitative estimate of drug-likeness (QED) is 0.580. The highest BCUT2D eigenvalue weighted by molar-refractivity contribution is 4.94. The van der Waals surface area contributed by atoms with Crippen LogP contribution in [0.5, 0.6) is 0 Å². The van der Waals surface area contributed by atoms with Gasteiger partial charge in [-0.25, -0.2) is 4.39 Å². The van der Waals surface area contributed by atoms with Crippen molar-refractivity contribution in [2.75, 3.05) is 20.2 Å². The average molecular weight is 147 g/mol. The van der Waals surface area contributed by atoms with Crippen LogP contribution in [0.25, 0.3) is 0 Å². The van der Waals surface area contributed by atoms with Crippen LogP contribution in [0.15, 0.2) is 0 Å². The molecule has 1 aliphatic rings. The first kappa shape index (κ1) is 7.95. The summed E-state index contributed by atoms with van der Waals surface area (Å²) in [5, 5.41) is 8.91. The molecule has 60 valence electrons. The molecule has 2 nitrogen and oxygen atoms in total. The lowest BCUT2D eigenvalue weighted by atomic mass is 10.0. The highest BCUT2D eigenvalue weighted by Gasteiger charge is 2.39. The molecule has 0 aliphatic carbocycles. The first-order valence-corrected chi connectivity index (χ1v) is 3.55. The molecule has 10 heavy (non-hydrogen) atoms. The molecule has 1 saturated heterocycles. The Morgan fingerprint density at radius 1 is 1.80 bits per heavy atom. The Balaban J connectivity index is 2.61. The summed E-state index contributed by atoms with van der Waals surface area (Å²) in [6.45, 7) is 2.38. The van der Waals surface area contributed by atoms with Gasteiger partial charge in [0.15, 0.2) is 0 Å². The van der Waals surface area contributed by atoms with Gasteiger partial charge in [-0.1, -0.05) is 0 Å². The van der Waals surface area contributed by atoms with E-state index < -0.39 is 6.17 Å². The van der Waals surface area contributed by atoms with Crippen molar-refractivity contribution >= 4 is 0 Å². The molecule has 3 heteroatoms. The van der Waals surface area contributed by atoms with Crippen molar-refractivity contribution in [3.05, 3.63) is 0 Å². The smallest absolute Gasteiger partial charge is 0.115 e. The van der Waals surface area contributed by atoms with Crippen LogP contribution < -0.4 is 0 Å². The third-order valence-corrected chi connectivity index (χ3v) is 2.40.